The second kappa shape index (κ2) is 3.81. The summed E-state index contributed by atoms with van der Waals surface area (Å²) in [6.45, 7) is 3.01. The summed E-state index contributed by atoms with van der Waals surface area (Å²) in [5, 5.41) is 0. The molecule has 3 heteroatoms. The van der Waals surface area contributed by atoms with E-state index in [0.717, 1.165) is 0 Å². The molecule has 0 saturated carbocycles. The van der Waals surface area contributed by atoms with E-state index < -0.39 is 17.5 Å². The maximum absolute atomic E-state index is 13.8. The molecule has 16 heavy (non-hydrogen) atoms. The summed E-state index contributed by atoms with van der Waals surface area (Å²) in [6, 6.07) is 1.50. The van der Waals surface area contributed by atoms with Crippen LogP contribution in [0, 0.1) is 18.6 Å². The molecule has 84 valence electrons. The molecule has 0 fully saturated rings. The smallest absolute Gasteiger partial charge is 0.169 e. The van der Waals surface area contributed by atoms with Crippen LogP contribution in [0.15, 0.2) is 23.8 Å². The van der Waals surface area contributed by atoms with Crippen molar-refractivity contribution in [1.29, 1.82) is 0 Å². The zero-order chi connectivity index (χ0) is 11.9. The molecule has 1 aliphatic rings. The van der Waals surface area contributed by atoms with Gasteiger partial charge in [0, 0.05) is 0 Å². The van der Waals surface area contributed by atoms with Crippen LogP contribution in [0.4, 0.5) is 13.2 Å². The second-order valence-electron chi connectivity index (χ2n) is 3.96. The molecule has 0 aromatic heterocycles. The monoisotopic (exact) mass is 224 g/mol. The van der Waals surface area contributed by atoms with E-state index in [4.69, 9.17) is 0 Å². The SMILES string of the molecule is CC1=C(F)c2c(cc(C)c(F)c2F)CC=C1. The highest BCUT2D eigenvalue weighted by Crippen LogP contribution is 2.32. The van der Waals surface area contributed by atoms with Crippen molar-refractivity contribution < 1.29 is 13.2 Å². The van der Waals surface area contributed by atoms with Crippen LogP contribution in [0.1, 0.15) is 23.6 Å². The van der Waals surface area contributed by atoms with E-state index in [1.54, 1.807) is 12.2 Å². The average Bonchev–Trinajstić information content (AvgIpc) is 2.37. The molecule has 1 aromatic carbocycles. The summed E-state index contributed by atoms with van der Waals surface area (Å²) < 4.78 is 40.9. The fourth-order valence-electron chi connectivity index (χ4n) is 1.85. The van der Waals surface area contributed by atoms with Gasteiger partial charge in [0.25, 0.3) is 0 Å². The van der Waals surface area contributed by atoms with Gasteiger partial charge < -0.3 is 0 Å². The summed E-state index contributed by atoms with van der Waals surface area (Å²) in [4.78, 5) is 0. The first-order chi connectivity index (χ1) is 7.52. The average molecular weight is 224 g/mol. The van der Waals surface area contributed by atoms with Crippen LogP contribution >= 0.6 is 0 Å². The molecule has 0 bridgehead atoms. The minimum absolute atomic E-state index is 0.206. The summed E-state index contributed by atoms with van der Waals surface area (Å²) in [7, 11) is 0. The van der Waals surface area contributed by atoms with E-state index in [0.29, 0.717) is 17.6 Å². The Bertz CT molecular complexity index is 510. The molecule has 0 saturated heterocycles. The molecular formula is C13H11F3. The van der Waals surface area contributed by atoms with E-state index in [9.17, 15) is 13.2 Å². The van der Waals surface area contributed by atoms with E-state index in [1.807, 2.05) is 0 Å². The zero-order valence-corrected chi connectivity index (χ0v) is 9.07. The van der Waals surface area contributed by atoms with Gasteiger partial charge in [-0.2, -0.15) is 0 Å². The molecule has 0 heterocycles. The first-order valence-electron chi connectivity index (χ1n) is 5.03. The van der Waals surface area contributed by atoms with Crippen LogP contribution in [-0.2, 0) is 6.42 Å². The number of hydrogen-bond donors (Lipinski definition) is 0. The van der Waals surface area contributed by atoms with Crippen molar-refractivity contribution in [1.82, 2.24) is 0 Å². The molecule has 0 radical (unpaired) electrons. The molecule has 1 aliphatic carbocycles. The topological polar surface area (TPSA) is 0 Å². The molecule has 2 rings (SSSR count). The summed E-state index contributed by atoms with van der Waals surface area (Å²) in [5.74, 6) is -2.74. The molecule has 0 nitrogen and oxygen atoms in total. The molecule has 1 aromatic rings. The van der Waals surface area contributed by atoms with Crippen LogP contribution in [0.3, 0.4) is 0 Å². The number of halogens is 3. The highest BCUT2D eigenvalue weighted by atomic mass is 19.2. The lowest BCUT2D eigenvalue weighted by atomic mass is 10.00. The molecule has 0 amide bonds. The fraction of sp³-hybridized carbons (Fsp3) is 0.231. The van der Waals surface area contributed by atoms with Crippen molar-refractivity contribution in [3.8, 4) is 0 Å². The van der Waals surface area contributed by atoms with Crippen molar-refractivity contribution in [2.45, 2.75) is 20.3 Å². The zero-order valence-electron chi connectivity index (χ0n) is 9.07. The molecule has 0 aliphatic heterocycles. The normalized spacial score (nSPS) is 15.1. The van der Waals surface area contributed by atoms with Gasteiger partial charge in [0.05, 0.1) is 5.56 Å². The van der Waals surface area contributed by atoms with Crippen molar-refractivity contribution in [2.24, 2.45) is 0 Å². The van der Waals surface area contributed by atoms with Crippen LogP contribution < -0.4 is 0 Å². The maximum atomic E-state index is 13.8. The van der Waals surface area contributed by atoms with E-state index >= 15 is 0 Å². The Morgan fingerprint density at radius 3 is 2.44 bits per heavy atom. The van der Waals surface area contributed by atoms with Gasteiger partial charge in [0.2, 0.25) is 0 Å². The van der Waals surface area contributed by atoms with Gasteiger partial charge in [-0.3, -0.25) is 0 Å². The molecule has 0 spiro atoms. The number of rotatable bonds is 0. The number of benzene rings is 1. The van der Waals surface area contributed by atoms with Gasteiger partial charge in [-0.15, -0.1) is 0 Å². The van der Waals surface area contributed by atoms with Crippen LogP contribution in [-0.4, -0.2) is 0 Å². The largest absolute Gasteiger partial charge is 0.206 e. The third-order valence-electron chi connectivity index (χ3n) is 2.74. The van der Waals surface area contributed by atoms with Gasteiger partial charge in [-0.05, 0) is 37.0 Å². The highest BCUT2D eigenvalue weighted by Gasteiger charge is 2.21. The van der Waals surface area contributed by atoms with Gasteiger partial charge in [0.15, 0.2) is 11.6 Å². The minimum Gasteiger partial charge on any atom is -0.206 e. The standard InChI is InChI=1S/C13H11F3/c1-7-4-3-5-9-6-8(2)12(15)13(16)10(9)11(7)14/h3-4,6H,5H2,1-2H3. The van der Waals surface area contributed by atoms with Gasteiger partial charge in [-0.1, -0.05) is 18.2 Å². The number of fused-ring (bicyclic) bond motifs is 1. The Morgan fingerprint density at radius 2 is 1.75 bits per heavy atom. The predicted molar refractivity (Wildman–Crippen MR) is 57.6 cm³/mol. The van der Waals surface area contributed by atoms with Crippen LogP contribution in [0.25, 0.3) is 5.83 Å². The quantitative estimate of drug-likeness (QED) is 0.622. The number of hydrogen-bond acceptors (Lipinski definition) is 0. The Balaban J connectivity index is 2.79. The molecule has 0 unspecified atom stereocenters. The molecule has 0 atom stereocenters. The Hall–Kier alpha value is -1.51. The van der Waals surface area contributed by atoms with Crippen molar-refractivity contribution in [3.05, 3.63) is 52.1 Å². The van der Waals surface area contributed by atoms with E-state index in [1.165, 1.54) is 19.9 Å². The lowest BCUT2D eigenvalue weighted by molar-refractivity contribution is 0.496. The maximum Gasteiger partial charge on any atom is 0.169 e. The number of aryl methyl sites for hydroxylation is 1. The number of allylic oxidation sites excluding steroid dienone is 3. The second-order valence-corrected chi connectivity index (χ2v) is 3.96. The highest BCUT2D eigenvalue weighted by molar-refractivity contribution is 5.69. The van der Waals surface area contributed by atoms with Crippen LogP contribution in [0.5, 0.6) is 0 Å². The van der Waals surface area contributed by atoms with Crippen molar-refractivity contribution in [3.63, 3.8) is 0 Å². The van der Waals surface area contributed by atoms with Gasteiger partial charge >= 0.3 is 0 Å². The summed E-state index contributed by atoms with van der Waals surface area (Å²) in [6.07, 6.45) is 3.75. The lowest BCUT2D eigenvalue weighted by Crippen LogP contribution is -2.01. The third kappa shape index (κ3) is 1.56. The summed E-state index contributed by atoms with van der Waals surface area (Å²) in [5.41, 5.74) is 0.783. The van der Waals surface area contributed by atoms with E-state index in [2.05, 4.69) is 0 Å². The first kappa shape index (κ1) is 11.0. The summed E-state index contributed by atoms with van der Waals surface area (Å²) >= 11 is 0. The molecule has 0 N–H and O–H groups in total. The fourth-order valence-corrected chi connectivity index (χ4v) is 1.85. The van der Waals surface area contributed by atoms with Gasteiger partial charge in [0.1, 0.15) is 5.83 Å². The first-order valence-corrected chi connectivity index (χ1v) is 5.03. The Kier molecular flexibility index (Phi) is 2.62. The molecular weight excluding hydrogens is 213 g/mol. The lowest BCUT2D eigenvalue weighted by Gasteiger charge is -2.10. The predicted octanol–water partition coefficient (Wildman–Crippen LogP) is 4.09. The minimum atomic E-state index is -1.09. The Labute approximate surface area is 92.1 Å². The third-order valence-corrected chi connectivity index (χ3v) is 2.74. The Morgan fingerprint density at radius 1 is 1.06 bits per heavy atom. The van der Waals surface area contributed by atoms with E-state index in [-0.39, 0.29) is 11.1 Å². The van der Waals surface area contributed by atoms with Crippen LogP contribution in [0.2, 0.25) is 0 Å². The van der Waals surface area contributed by atoms with Crippen molar-refractivity contribution in [2.75, 3.05) is 0 Å². The van der Waals surface area contributed by atoms with Crippen molar-refractivity contribution >= 4 is 5.83 Å². The van der Waals surface area contributed by atoms with Gasteiger partial charge in [-0.25, -0.2) is 13.2 Å².